The van der Waals surface area contributed by atoms with Crippen LogP contribution >= 0.6 is 11.3 Å². The maximum atomic E-state index is 6.37. The molecule has 0 unspecified atom stereocenters. The Labute approximate surface area is 88.1 Å². The molecule has 3 rings (SSSR count). The average molecular weight is 209 g/mol. The number of aryl methyl sites for hydroxylation is 1. The second kappa shape index (κ2) is 2.60. The van der Waals surface area contributed by atoms with Crippen molar-refractivity contribution >= 4 is 11.3 Å². The quantitative estimate of drug-likeness (QED) is 0.806. The first kappa shape index (κ1) is 8.89. The molecule has 76 valence electrons. The van der Waals surface area contributed by atoms with Crippen LogP contribution in [0.3, 0.4) is 0 Å². The molecule has 1 saturated heterocycles. The van der Waals surface area contributed by atoms with E-state index in [0.717, 1.165) is 26.1 Å². The Bertz CT molecular complexity index is 363. The van der Waals surface area contributed by atoms with Gasteiger partial charge < -0.3 is 10.5 Å². The molecule has 14 heavy (non-hydrogen) atoms. The minimum atomic E-state index is 0.0425. The Morgan fingerprint density at radius 1 is 1.43 bits per heavy atom. The van der Waals surface area contributed by atoms with Crippen LogP contribution in [0.1, 0.15) is 23.3 Å². The van der Waals surface area contributed by atoms with Crippen LogP contribution < -0.4 is 5.73 Å². The Morgan fingerprint density at radius 3 is 2.50 bits per heavy atom. The highest BCUT2D eigenvalue weighted by atomic mass is 32.1. The number of ether oxygens (including phenoxy) is 1. The zero-order valence-electron chi connectivity index (χ0n) is 8.38. The van der Waals surface area contributed by atoms with Crippen LogP contribution in [0.15, 0.2) is 11.4 Å². The first-order valence-electron chi connectivity index (χ1n) is 5.09. The second-order valence-electron chi connectivity index (χ2n) is 4.66. The lowest BCUT2D eigenvalue weighted by molar-refractivity contribution is -0.0769. The molecule has 0 spiro atoms. The predicted octanol–water partition coefficient (Wildman–Crippen LogP) is 1.82. The fraction of sp³-hybridized carbons (Fsp3) is 0.636. The minimum absolute atomic E-state index is 0.0425. The summed E-state index contributed by atoms with van der Waals surface area (Å²) in [5.74, 6) is 0. The van der Waals surface area contributed by atoms with Gasteiger partial charge in [-0.15, -0.1) is 11.3 Å². The molecule has 0 amide bonds. The van der Waals surface area contributed by atoms with E-state index in [-0.39, 0.29) is 11.0 Å². The maximum Gasteiger partial charge on any atom is 0.0695 e. The fourth-order valence-electron chi connectivity index (χ4n) is 2.43. The van der Waals surface area contributed by atoms with Crippen LogP contribution in [0.5, 0.6) is 0 Å². The SMILES string of the molecule is Cc1ccsc1C1(C2(N)CC2)COC1. The molecule has 1 aromatic heterocycles. The maximum absolute atomic E-state index is 6.37. The van der Waals surface area contributed by atoms with E-state index in [1.165, 1.54) is 10.4 Å². The van der Waals surface area contributed by atoms with Crippen molar-refractivity contribution in [2.24, 2.45) is 5.73 Å². The molecule has 2 fully saturated rings. The van der Waals surface area contributed by atoms with Gasteiger partial charge in [0.05, 0.1) is 18.6 Å². The van der Waals surface area contributed by atoms with Crippen molar-refractivity contribution < 1.29 is 4.74 Å². The third-order valence-corrected chi connectivity index (χ3v) is 4.96. The topological polar surface area (TPSA) is 35.2 Å². The summed E-state index contributed by atoms with van der Waals surface area (Å²) in [7, 11) is 0. The van der Waals surface area contributed by atoms with Crippen LogP contribution in [0, 0.1) is 6.92 Å². The van der Waals surface area contributed by atoms with E-state index in [2.05, 4.69) is 18.4 Å². The van der Waals surface area contributed by atoms with Gasteiger partial charge in [-0.3, -0.25) is 0 Å². The van der Waals surface area contributed by atoms with Gasteiger partial charge in [-0.2, -0.15) is 0 Å². The lowest BCUT2D eigenvalue weighted by atomic mass is 9.74. The molecule has 2 heterocycles. The normalized spacial score (nSPS) is 27.0. The molecule has 0 aromatic carbocycles. The van der Waals surface area contributed by atoms with Crippen molar-refractivity contribution in [2.75, 3.05) is 13.2 Å². The second-order valence-corrected chi connectivity index (χ2v) is 5.58. The molecule has 1 aliphatic carbocycles. The van der Waals surface area contributed by atoms with Gasteiger partial charge in [-0.25, -0.2) is 0 Å². The van der Waals surface area contributed by atoms with Gasteiger partial charge in [0, 0.05) is 10.4 Å². The third kappa shape index (κ3) is 0.926. The van der Waals surface area contributed by atoms with Gasteiger partial charge in [-0.05, 0) is 36.8 Å². The summed E-state index contributed by atoms with van der Waals surface area (Å²) in [6.07, 6.45) is 2.32. The zero-order valence-corrected chi connectivity index (χ0v) is 9.19. The third-order valence-electron chi connectivity index (χ3n) is 3.74. The highest BCUT2D eigenvalue weighted by Gasteiger charge is 2.62. The Kier molecular flexibility index (Phi) is 1.65. The van der Waals surface area contributed by atoms with E-state index in [1.54, 1.807) is 0 Å². The summed E-state index contributed by atoms with van der Waals surface area (Å²) in [4.78, 5) is 1.46. The van der Waals surface area contributed by atoms with E-state index in [1.807, 2.05) is 11.3 Å². The van der Waals surface area contributed by atoms with E-state index in [9.17, 15) is 0 Å². The van der Waals surface area contributed by atoms with E-state index in [0.29, 0.717) is 0 Å². The predicted molar refractivity (Wildman–Crippen MR) is 57.7 cm³/mol. The Morgan fingerprint density at radius 2 is 2.14 bits per heavy atom. The molecular weight excluding hydrogens is 194 g/mol. The molecule has 1 aromatic rings. The molecule has 0 bridgehead atoms. The highest BCUT2D eigenvalue weighted by molar-refractivity contribution is 7.10. The smallest absolute Gasteiger partial charge is 0.0695 e. The van der Waals surface area contributed by atoms with Crippen molar-refractivity contribution in [1.29, 1.82) is 0 Å². The first-order chi connectivity index (χ1) is 6.68. The van der Waals surface area contributed by atoms with Crippen molar-refractivity contribution in [1.82, 2.24) is 0 Å². The van der Waals surface area contributed by atoms with Crippen LogP contribution in [0.25, 0.3) is 0 Å². The average Bonchev–Trinajstić information content (AvgIpc) is 2.66. The van der Waals surface area contributed by atoms with Crippen molar-refractivity contribution in [2.45, 2.75) is 30.7 Å². The lowest BCUT2D eigenvalue weighted by Crippen LogP contribution is -2.60. The molecule has 2 nitrogen and oxygen atoms in total. The molecule has 1 saturated carbocycles. The summed E-state index contributed by atoms with van der Waals surface area (Å²) in [5, 5.41) is 2.16. The number of hydrogen-bond donors (Lipinski definition) is 1. The molecule has 2 N–H and O–H groups in total. The molecule has 2 aliphatic rings. The minimum Gasteiger partial charge on any atom is -0.379 e. The van der Waals surface area contributed by atoms with Gasteiger partial charge in [0.25, 0.3) is 0 Å². The summed E-state index contributed by atoms with van der Waals surface area (Å²) >= 11 is 1.84. The molecular formula is C11H15NOS. The summed E-state index contributed by atoms with van der Waals surface area (Å²) in [6, 6.07) is 2.19. The van der Waals surface area contributed by atoms with Crippen molar-refractivity contribution in [3.05, 3.63) is 21.9 Å². The van der Waals surface area contributed by atoms with Crippen LogP contribution in [0.2, 0.25) is 0 Å². The van der Waals surface area contributed by atoms with Crippen molar-refractivity contribution in [3.63, 3.8) is 0 Å². The molecule has 0 radical (unpaired) electrons. The number of nitrogens with two attached hydrogens (primary N) is 1. The van der Waals surface area contributed by atoms with Crippen LogP contribution in [-0.4, -0.2) is 18.8 Å². The summed E-state index contributed by atoms with van der Waals surface area (Å²) in [5.41, 5.74) is 7.96. The van der Waals surface area contributed by atoms with Crippen LogP contribution in [-0.2, 0) is 10.2 Å². The number of hydrogen-bond acceptors (Lipinski definition) is 3. The Balaban J connectivity index is 2.06. The van der Waals surface area contributed by atoms with E-state index < -0.39 is 0 Å². The van der Waals surface area contributed by atoms with Gasteiger partial charge in [0.1, 0.15) is 0 Å². The van der Waals surface area contributed by atoms with E-state index >= 15 is 0 Å². The van der Waals surface area contributed by atoms with Crippen molar-refractivity contribution in [3.8, 4) is 0 Å². The molecule has 1 aliphatic heterocycles. The zero-order chi connectivity index (χ0) is 9.81. The summed E-state index contributed by atoms with van der Waals surface area (Å²) in [6.45, 7) is 3.83. The molecule has 3 heteroatoms. The van der Waals surface area contributed by atoms with Crippen LogP contribution in [0.4, 0.5) is 0 Å². The Hall–Kier alpha value is -0.380. The van der Waals surface area contributed by atoms with E-state index in [4.69, 9.17) is 10.5 Å². The number of rotatable bonds is 2. The van der Waals surface area contributed by atoms with Gasteiger partial charge in [0.15, 0.2) is 0 Å². The number of thiophene rings is 1. The van der Waals surface area contributed by atoms with Gasteiger partial charge >= 0.3 is 0 Å². The molecule has 0 atom stereocenters. The lowest BCUT2D eigenvalue weighted by Gasteiger charge is -2.46. The standard InChI is InChI=1S/C11H15NOS/c1-8-2-5-14-9(8)10(6-13-7-10)11(12)3-4-11/h2,5H,3-4,6-7,12H2,1H3. The van der Waals surface area contributed by atoms with Gasteiger partial charge in [0.2, 0.25) is 0 Å². The first-order valence-corrected chi connectivity index (χ1v) is 5.97. The summed E-state index contributed by atoms with van der Waals surface area (Å²) < 4.78 is 5.41. The highest BCUT2D eigenvalue weighted by Crippen LogP contribution is 2.55. The fourth-order valence-corrected chi connectivity index (χ4v) is 3.64. The monoisotopic (exact) mass is 209 g/mol. The largest absolute Gasteiger partial charge is 0.379 e. The van der Waals surface area contributed by atoms with Gasteiger partial charge in [-0.1, -0.05) is 0 Å².